The van der Waals surface area contributed by atoms with E-state index in [0.29, 0.717) is 28.4 Å². The minimum absolute atomic E-state index is 0.240. The van der Waals surface area contributed by atoms with Crippen molar-refractivity contribution >= 4 is 11.6 Å². The number of carbonyl (C=O) groups excluding carboxylic acids is 1. The first-order valence-corrected chi connectivity index (χ1v) is 9.44. The van der Waals surface area contributed by atoms with Gasteiger partial charge in [-0.15, -0.1) is 10.2 Å². The Kier molecular flexibility index (Phi) is 5.84. The molecule has 0 atom stereocenters. The number of amides is 1. The molecule has 0 fully saturated rings. The van der Waals surface area contributed by atoms with Crippen molar-refractivity contribution in [3.8, 4) is 28.6 Å². The number of rotatable bonds is 6. The zero-order valence-corrected chi connectivity index (χ0v) is 16.6. The fraction of sp³-hybridized carbons (Fsp3) is 0.0417. The third kappa shape index (κ3) is 5.02. The second-order valence-corrected chi connectivity index (χ2v) is 6.58. The Morgan fingerprint density at radius 3 is 2.29 bits per heavy atom. The molecule has 0 saturated heterocycles. The normalized spacial score (nSPS) is 10.4. The van der Waals surface area contributed by atoms with Crippen LogP contribution in [0.15, 0.2) is 84.9 Å². The zero-order valence-electron chi connectivity index (χ0n) is 16.6. The van der Waals surface area contributed by atoms with Crippen LogP contribution in [0, 0.1) is 5.82 Å². The van der Waals surface area contributed by atoms with E-state index < -0.39 is 0 Å². The Labute approximate surface area is 178 Å². The van der Waals surface area contributed by atoms with Gasteiger partial charge in [-0.05, 0) is 66.7 Å². The van der Waals surface area contributed by atoms with Crippen LogP contribution in [0.1, 0.15) is 10.4 Å². The molecule has 154 valence electrons. The van der Waals surface area contributed by atoms with Crippen molar-refractivity contribution in [1.82, 2.24) is 10.2 Å². The molecule has 0 saturated carbocycles. The van der Waals surface area contributed by atoms with E-state index in [9.17, 15) is 9.18 Å². The molecule has 6 nitrogen and oxygen atoms in total. The molecule has 0 aliphatic heterocycles. The highest BCUT2D eigenvalue weighted by molar-refractivity contribution is 6.04. The second-order valence-electron chi connectivity index (χ2n) is 6.58. The van der Waals surface area contributed by atoms with Crippen molar-refractivity contribution in [3.63, 3.8) is 0 Å². The van der Waals surface area contributed by atoms with E-state index in [0.717, 1.165) is 5.56 Å². The molecule has 1 heterocycles. The van der Waals surface area contributed by atoms with Gasteiger partial charge in [-0.25, -0.2) is 4.39 Å². The van der Waals surface area contributed by atoms with Crippen LogP contribution in [0.25, 0.3) is 11.3 Å². The largest absolute Gasteiger partial charge is 0.497 e. The second kappa shape index (κ2) is 9.04. The van der Waals surface area contributed by atoms with Gasteiger partial charge in [0.05, 0.1) is 12.8 Å². The Morgan fingerprint density at radius 2 is 1.61 bits per heavy atom. The summed E-state index contributed by atoms with van der Waals surface area (Å²) in [5.41, 5.74) is 2.48. The molecule has 0 bridgehead atoms. The minimum atomic E-state index is -0.343. The van der Waals surface area contributed by atoms with Gasteiger partial charge in [-0.2, -0.15) is 0 Å². The lowest BCUT2D eigenvalue weighted by Gasteiger charge is -2.08. The topological polar surface area (TPSA) is 73.3 Å². The Balaban J connectivity index is 1.46. The van der Waals surface area contributed by atoms with Crippen LogP contribution in [0.2, 0.25) is 0 Å². The fourth-order valence-corrected chi connectivity index (χ4v) is 2.85. The summed E-state index contributed by atoms with van der Waals surface area (Å²) in [6.45, 7) is 0. The van der Waals surface area contributed by atoms with E-state index in [4.69, 9.17) is 9.47 Å². The molecule has 0 aliphatic rings. The quantitative estimate of drug-likeness (QED) is 0.460. The van der Waals surface area contributed by atoms with Crippen molar-refractivity contribution in [3.05, 3.63) is 96.3 Å². The molecule has 0 aliphatic carbocycles. The van der Waals surface area contributed by atoms with Crippen molar-refractivity contribution < 1.29 is 18.7 Å². The highest BCUT2D eigenvalue weighted by Crippen LogP contribution is 2.23. The first-order chi connectivity index (χ1) is 15.1. The highest BCUT2D eigenvalue weighted by atomic mass is 19.1. The number of nitrogens with one attached hydrogen (secondary N) is 1. The third-order valence-corrected chi connectivity index (χ3v) is 4.44. The number of anilines is 1. The number of halogens is 1. The van der Waals surface area contributed by atoms with Crippen molar-refractivity contribution in [2.45, 2.75) is 0 Å². The van der Waals surface area contributed by atoms with Crippen LogP contribution in [-0.4, -0.2) is 23.2 Å². The van der Waals surface area contributed by atoms with Gasteiger partial charge in [0.2, 0.25) is 5.88 Å². The monoisotopic (exact) mass is 415 g/mol. The molecule has 4 rings (SSSR count). The predicted molar refractivity (Wildman–Crippen MR) is 115 cm³/mol. The summed E-state index contributed by atoms with van der Waals surface area (Å²) in [5.74, 6) is 0.871. The lowest BCUT2D eigenvalue weighted by Crippen LogP contribution is -2.11. The molecule has 4 aromatic rings. The maximum Gasteiger partial charge on any atom is 0.255 e. The predicted octanol–water partition coefficient (Wildman–Crippen LogP) is 5.34. The maximum atomic E-state index is 13.0. The molecule has 0 unspecified atom stereocenters. The third-order valence-electron chi connectivity index (χ3n) is 4.44. The van der Waals surface area contributed by atoms with Crippen LogP contribution in [0.4, 0.5) is 10.1 Å². The van der Waals surface area contributed by atoms with Gasteiger partial charge in [0, 0.05) is 22.9 Å². The molecular formula is C24H18FN3O3. The van der Waals surface area contributed by atoms with E-state index in [-0.39, 0.29) is 17.6 Å². The van der Waals surface area contributed by atoms with Crippen molar-refractivity contribution in [1.29, 1.82) is 0 Å². The first-order valence-electron chi connectivity index (χ1n) is 9.44. The van der Waals surface area contributed by atoms with Gasteiger partial charge in [-0.3, -0.25) is 4.79 Å². The van der Waals surface area contributed by atoms with Gasteiger partial charge < -0.3 is 14.8 Å². The lowest BCUT2D eigenvalue weighted by atomic mass is 10.1. The van der Waals surface area contributed by atoms with E-state index in [2.05, 4.69) is 15.5 Å². The summed E-state index contributed by atoms with van der Waals surface area (Å²) in [6, 6.07) is 23.2. The minimum Gasteiger partial charge on any atom is -0.497 e. The summed E-state index contributed by atoms with van der Waals surface area (Å²) in [5, 5.41) is 11.1. The molecule has 1 N–H and O–H groups in total. The number of ether oxygens (including phenoxy) is 2. The van der Waals surface area contributed by atoms with Crippen LogP contribution in [0.3, 0.4) is 0 Å². The summed E-state index contributed by atoms with van der Waals surface area (Å²) in [4.78, 5) is 12.6. The highest BCUT2D eigenvalue weighted by Gasteiger charge is 2.09. The Morgan fingerprint density at radius 1 is 0.871 bits per heavy atom. The molecule has 3 aromatic carbocycles. The average Bonchev–Trinajstić information content (AvgIpc) is 2.81. The van der Waals surface area contributed by atoms with Gasteiger partial charge in [-0.1, -0.05) is 12.1 Å². The molecule has 1 amide bonds. The number of hydrogen-bond acceptors (Lipinski definition) is 5. The number of benzene rings is 3. The van der Waals surface area contributed by atoms with E-state index in [1.165, 1.54) is 24.3 Å². The summed E-state index contributed by atoms with van der Waals surface area (Å²) in [6.07, 6.45) is 0. The Bertz CT molecular complexity index is 1180. The van der Waals surface area contributed by atoms with E-state index in [1.807, 2.05) is 6.07 Å². The van der Waals surface area contributed by atoms with Crippen LogP contribution >= 0.6 is 0 Å². The molecule has 1 aromatic heterocycles. The lowest BCUT2D eigenvalue weighted by molar-refractivity contribution is 0.102. The van der Waals surface area contributed by atoms with Crippen LogP contribution in [-0.2, 0) is 0 Å². The standard InChI is InChI=1S/C24H18FN3O3/c1-30-20-11-7-19(8-12-20)26-24(29)17-4-2-3-16(15-17)22-13-14-23(28-27-22)31-21-9-5-18(25)6-10-21/h2-15H,1H3,(H,26,29). The molecular weight excluding hydrogens is 397 g/mol. The number of nitrogens with zero attached hydrogens (tertiary/aromatic N) is 2. The smallest absolute Gasteiger partial charge is 0.255 e. The summed E-state index contributed by atoms with van der Waals surface area (Å²) >= 11 is 0. The maximum absolute atomic E-state index is 13.0. The van der Waals surface area contributed by atoms with Crippen molar-refractivity contribution in [2.24, 2.45) is 0 Å². The number of carbonyl (C=O) groups is 1. The van der Waals surface area contributed by atoms with Gasteiger partial charge in [0.25, 0.3) is 5.91 Å². The summed E-state index contributed by atoms with van der Waals surface area (Å²) in [7, 11) is 1.59. The van der Waals surface area contributed by atoms with Gasteiger partial charge in [0.1, 0.15) is 17.3 Å². The molecule has 7 heteroatoms. The van der Waals surface area contributed by atoms with Crippen LogP contribution in [0.5, 0.6) is 17.4 Å². The summed E-state index contributed by atoms with van der Waals surface area (Å²) < 4.78 is 23.7. The van der Waals surface area contributed by atoms with Crippen LogP contribution < -0.4 is 14.8 Å². The van der Waals surface area contributed by atoms with E-state index >= 15 is 0 Å². The average molecular weight is 415 g/mol. The first kappa shape index (κ1) is 20.0. The SMILES string of the molecule is COc1ccc(NC(=O)c2cccc(-c3ccc(Oc4ccc(F)cc4)nn3)c2)cc1. The van der Waals surface area contributed by atoms with Crippen molar-refractivity contribution in [2.75, 3.05) is 12.4 Å². The zero-order chi connectivity index (χ0) is 21.6. The van der Waals surface area contributed by atoms with E-state index in [1.54, 1.807) is 61.7 Å². The number of hydrogen-bond donors (Lipinski definition) is 1. The molecule has 0 radical (unpaired) electrons. The number of methoxy groups -OCH3 is 1. The van der Waals surface area contributed by atoms with Gasteiger partial charge in [0.15, 0.2) is 0 Å². The molecule has 0 spiro atoms. The fourth-order valence-electron chi connectivity index (χ4n) is 2.85. The molecule has 31 heavy (non-hydrogen) atoms. The van der Waals surface area contributed by atoms with Gasteiger partial charge >= 0.3 is 0 Å². The number of aromatic nitrogens is 2. The Hall–Kier alpha value is -4.26.